The number of aromatic amines is 2. The number of aromatic nitrogens is 4. The molecular weight excluding hydrogens is 262 g/mol. The van der Waals surface area contributed by atoms with Crippen LogP contribution in [0.1, 0.15) is 32.2 Å². The van der Waals surface area contributed by atoms with Crippen molar-refractivity contribution < 1.29 is 4.98 Å². The summed E-state index contributed by atoms with van der Waals surface area (Å²) in [6.07, 6.45) is 2.49. The van der Waals surface area contributed by atoms with Gasteiger partial charge in [0.1, 0.15) is 0 Å². The number of benzene rings is 1. The van der Waals surface area contributed by atoms with E-state index in [1.165, 1.54) is 5.56 Å². The molecule has 0 saturated carbocycles. The Morgan fingerprint density at radius 1 is 1.14 bits per heavy atom. The van der Waals surface area contributed by atoms with E-state index in [2.05, 4.69) is 58.2 Å². The first-order valence-corrected chi connectivity index (χ1v) is 7.09. The monoisotopic (exact) mass is 282 g/mol. The Morgan fingerprint density at radius 3 is 2.62 bits per heavy atom. The largest absolute Gasteiger partial charge is 0.362 e. The van der Waals surface area contributed by atoms with Crippen LogP contribution in [-0.2, 0) is 6.42 Å². The molecule has 0 amide bonds. The first-order chi connectivity index (χ1) is 10.0. The molecule has 0 aliphatic rings. The molecule has 5 nitrogen and oxygen atoms in total. The third-order valence-electron chi connectivity index (χ3n) is 3.08. The van der Waals surface area contributed by atoms with E-state index in [-0.39, 0.29) is 5.54 Å². The second-order valence-corrected chi connectivity index (χ2v) is 6.18. The highest BCUT2D eigenvalue weighted by Gasteiger charge is 2.19. The van der Waals surface area contributed by atoms with Crippen LogP contribution < -0.4 is 10.3 Å². The number of nitrogens with one attached hydrogen (secondary N) is 3. The first-order valence-electron chi connectivity index (χ1n) is 7.09. The zero-order valence-electron chi connectivity index (χ0n) is 12.6. The Morgan fingerprint density at radius 2 is 1.90 bits per heavy atom. The van der Waals surface area contributed by atoms with Gasteiger partial charge < -0.3 is 5.32 Å². The third-order valence-corrected chi connectivity index (χ3v) is 3.08. The van der Waals surface area contributed by atoms with Crippen molar-refractivity contribution >= 4 is 17.0 Å². The summed E-state index contributed by atoms with van der Waals surface area (Å²) < 4.78 is 0. The third kappa shape index (κ3) is 3.18. The van der Waals surface area contributed by atoms with Gasteiger partial charge in [0.05, 0.1) is 0 Å². The van der Waals surface area contributed by atoms with Crippen LogP contribution in [0.4, 0.5) is 5.82 Å². The Labute approximate surface area is 123 Å². The SMILES string of the molecule is CC(C)(C)Nc1nc(Cc2ccccc2)nc2[nH+]c[nH]c12. The van der Waals surface area contributed by atoms with Crippen LogP contribution >= 0.6 is 0 Å². The van der Waals surface area contributed by atoms with E-state index < -0.39 is 0 Å². The fraction of sp³-hybridized carbons (Fsp3) is 0.312. The van der Waals surface area contributed by atoms with Gasteiger partial charge in [-0.15, -0.1) is 0 Å². The molecule has 0 fully saturated rings. The van der Waals surface area contributed by atoms with Gasteiger partial charge in [-0.2, -0.15) is 4.98 Å². The number of H-pyrrole nitrogens is 2. The highest BCUT2D eigenvalue weighted by Crippen LogP contribution is 2.20. The minimum atomic E-state index is -0.0591. The minimum absolute atomic E-state index is 0.0591. The molecule has 3 N–H and O–H groups in total. The molecule has 0 atom stereocenters. The van der Waals surface area contributed by atoms with Crippen molar-refractivity contribution in [1.82, 2.24) is 15.0 Å². The second-order valence-electron chi connectivity index (χ2n) is 6.18. The summed E-state index contributed by atoms with van der Waals surface area (Å²) in [5, 5.41) is 3.43. The summed E-state index contributed by atoms with van der Waals surface area (Å²) in [5.74, 6) is 1.64. The van der Waals surface area contributed by atoms with E-state index in [4.69, 9.17) is 0 Å². The zero-order valence-corrected chi connectivity index (χ0v) is 12.6. The lowest BCUT2D eigenvalue weighted by Gasteiger charge is -2.20. The Kier molecular flexibility index (Phi) is 3.33. The average Bonchev–Trinajstić information content (AvgIpc) is 2.86. The van der Waals surface area contributed by atoms with Crippen LogP contribution in [-0.4, -0.2) is 20.5 Å². The number of nitrogens with zero attached hydrogens (tertiary/aromatic N) is 2. The molecule has 5 heteroatoms. The molecule has 108 valence electrons. The standard InChI is InChI=1S/C16H19N5/c1-16(2,3)21-15-13-14(18-10-17-13)19-12(20-15)9-11-7-5-4-6-8-11/h4-8,10H,9H2,1-3H3,(H2,17,18,19,20,21)/p+1. The maximum atomic E-state index is 4.68. The van der Waals surface area contributed by atoms with E-state index in [0.717, 1.165) is 22.8 Å². The normalized spacial score (nSPS) is 11.8. The predicted molar refractivity (Wildman–Crippen MR) is 83.1 cm³/mol. The van der Waals surface area contributed by atoms with Gasteiger partial charge in [0, 0.05) is 12.0 Å². The molecule has 0 bridgehead atoms. The summed E-state index contributed by atoms with van der Waals surface area (Å²) in [4.78, 5) is 15.5. The van der Waals surface area contributed by atoms with Crippen LogP contribution in [0.2, 0.25) is 0 Å². The number of imidazole rings is 1. The van der Waals surface area contributed by atoms with E-state index >= 15 is 0 Å². The van der Waals surface area contributed by atoms with Gasteiger partial charge in [0.15, 0.2) is 12.1 Å². The van der Waals surface area contributed by atoms with Crippen molar-refractivity contribution in [2.24, 2.45) is 0 Å². The molecule has 0 unspecified atom stereocenters. The summed E-state index contributed by atoms with van der Waals surface area (Å²) in [6, 6.07) is 10.3. The van der Waals surface area contributed by atoms with Gasteiger partial charge in [-0.05, 0) is 26.3 Å². The number of rotatable bonds is 3. The molecule has 0 radical (unpaired) electrons. The fourth-order valence-corrected chi connectivity index (χ4v) is 2.23. The van der Waals surface area contributed by atoms with Gasteiger partial charge in [0.2, 0.25) is 11.3 Å². The Hall–Kier alpha value is -2.43. The van der Waals surface area contributed by atoms with Crippen LogP contribution in [0.3, 0.4) is 0 Å². The quantitative estimate of drug-likeness (QED) is 0.776. The summed E-state index contributed by atoms with van der Waals surface area (Å²) >= 11 is 0. The van der Waals surface area contributed by atoms with E-state index in [1.54, 1.807) is 6.33 Å². The number of anilines is 1. The van der Waals surface area contributed by atoms with E-state index in [1.807, 2.05) is 18.2 Å². The highest BCUT2D eigenvalue weighted by atomic mass is 15.1. The number of fused-ring (bicyclic) bond motifs is 1. The average molecular weight is 282 g/mol. The smallest absolute Gasteiger partial charge is 0.305 e. The minimum Gasteiger partial charge on any atom is -0.362 e. The molecule has 3 rings (SSSR count). The molecule has 0 aliphatic heterocycles. The van der Waals surface area contributed by atoms with Crippen molar-refractivity contribution in [3.63, 3.8) is 0 Å². The molecule has 0 aliphatic carbocycles. The van der Waals surface area contributed by atoms with Crippen molar-refractivity contribution in [2.45, 2.75) is 32.7 Å². The maximum Gasteiger partial charge on any atom is 0.305 e. The highest BCUT2D eigenvalue weighted by molar-refractivity contribution is 5.80. The molecule has 3 aromatic rings. The van der Waals surface area contributed by atoms with Crippen molar-refractivity contribution in [3.8, 4) is 0 Å². The summed E-state index contributed by atoms with van der Waals surface area (Å²) in [5.41, 5.74) is 2.87. The Bertz CT molecular complexity index is 740. The van der Waals surface area contributed by atoms with Crippen molar-refractivity contribution in [2.75, 3.05) is 5.32 Å². The van der Waals surface area contributed by atoms with E-state index in [0.29, 0.717) is 6.42 Å². The predicted octanol–water partition coefficient (Wildman–Crippen LogP) is 2.57. The molecule has 21 heavy (non-hydrogen) atoms. The van der Waals surface area contributed by atoms with Gasteiger partial charge >= 0.3 is 5.65 Å². The van der Waals surface area contributed by atoms with Crippen LogP contribution in [0.15, 0.2) is 36.7 Å². The molecule has 0 saturated heterocycles. The van der Waals surface area contributed by atoms with Crippen molar-refractivity contribution in [3.05, 3.63) is 48.0 Å². The lowest BCUT2D eigenvalue weighted by molar-refractivity contribution is -0.347. The Balaban J connectivity index is 2.00. The molecule has 2 heterocycles. The maximum absolute atomic E-state index is 4.68. The van der Waals surface area contributed by atoms with E-state index in [9.17, 15) is 0 Å². The lowest BCUT2D eigenvalue weighted by atomic mass is 10.1. The fourth-order valence-electron chi connectivity index (χ4n) is 2.23. The summed E-state index contributed by atoms with van der Waals surface area (Å²) in [7, 11) is 0. The zero-order chi connectivity index (χ0) is 14.9. The molecule has 2 aromatic heterocycles. The lowest BCUT2D eigenvalue weighted by Crippen LogP contribution is -2.27. The number of hydrogen-bond donors (Lipinski definition) is 2. The van der Waals surface area contributed by atoms with Crippen LogP contribution in [0.5, 0.6) is 0 Å². The topological polar surface area (TPSA) is 67.7 Å². The molecule has 1 aromatic carbocycles. The second kappa shape index (κ2) is 5.16. The van der Waals surface area contributed by atoms with Gasteiger partial charge in [-0.3, -0.25) is 4.98 Å². The van der Waals surface area contributed by atoms with Crippen LogP contribution in [0, 0.1) is 0 Å². The molecular formula is C16H20N5+. The van der Waals surface area contributed by atoms with Crippen LogP contribution in [0.25, 0.3) is 11.2 Å². The van der Waals surface area contributed by atoms with Gasteiger partial charge in [0.25, 0.3) is 0 Å². The van der Waals surface area contributed by atoms with Crippen molar-refractivity contribution in [1.29, 1.82) is 0 Å². The number of hydrogen-bond acceptors (Lipinski definition) is 3. The molecule has 0 spiro atoms. The van der Waals surface area contributed by atoms with Gasteiger partial charge in [-0.25, -0.2) is 4.98 Å². The summed E-state index contributed by atoms with van der Waals surface area (Å²) in [6.45, 7) is 6.35. The first kappa shape index (κ1) is 13.5. The van der Waals surface area contributed by atoms with Gasteiger partial charge in [-0.1, -0.05) is 35.3 Å².